The lowest BCUT2D eigenvalue weighted by molar-refractivity contribution is 0.110. The Kier molecular flexibility index (Phi) is 4.39. The molecule has 2 N–H and O–H groups in total. The third kappa shape index (κ3) is 2.75. The fourth-order valence-electron chi connectivity index (χ4n) is 3.18. The van der Waals surface area contributed by atoms with Gasteiger partial charge in [0.05, 0.1) is 19.8 Å². The highest BCUT2D eigenvalue weighted by molar-refractivity contribution is 5.88. The average Bonchev–Trinajstić information content (AvgIpc) is 2.56. The van der Waals surface area contributed by atoms with Crippen LogP contribution in [0.15, 0.2) is 36.4 Å². The molecule has 0 radical (unpaired) electrons. The molecule has 3 rings (SSSR count). The van der Waals surface area contributed by atoms with Gasteiger partial charge in [-0.05, 0) is 16.8 Å². The minimum absolute atomic E-state index is 0.0202. The van der Waals surface area contributed by atoms with Crippen LogP contribution in [-0.2, 0) is 0 Å². The van der Waals surface area contributed by atoms with Crippen LogP contribution in [0.3, 0.4) is 0 Å². The molecule has 0 bridgehead atoms. The molecule has 1 heterocycles. The molecule has 1 aliphatic rings. The Bertz CT molecular complexity index is 609. The van der Waals surface area contributed by atoms with Gasteiger partial charge in [-0.15, -0.1) is 0 Å². The molecule has 2 aromatic rings. The largest absolute Gasteiger partial charge is 0.496 e. The van der Waals surface area contributed by atoms with E-state index in [2.05, 4.69) is 28.4 Å². The van der Waals surface area contributed by atoms with Gasteiger partial charge in [0.25, 0.3) is 0 Å². The summed E-state index contributed by atoms with van der Waals surface area (Å²) in [7, 11) is 1.69. The second-order valence-corrected chi connectivity index (χ2v) is 5.39. The Labute approximate surface area is 125 Å². The molecule has 4 heteroatoms. The summed E-state index contributed by atoms with van der Waals surface area (Å²) in [6.07, 6.45) is 0. The number of aliphatic hydroxyl groups excluding tert-OH is 1. The summed E-state index contributed by atoms with van der Waals surface area (Å²) in [4.78, 5) is 2.33. The van der Waals surface area contributed by atoms with Gasteiger partial charge in [-0.2, -0.15) is 0 Å². The second kappa shape index (κ2) is 6.43. The summed E-state index contributed by atoms with van der Waals surface area (Å²) >= 11 is 0. The minimum Gasteiger partial charge on any atom is -0.496 e. The zero-order valence-electron chi connectivity index (χ0n) is 12.4. The summed E-state index contributed by atoms with van der Waals surface area (Å²) in [6.45, 7) is 3.91. The molecule has 2 aromatic carbocycles. The highest BCUT2D eigenvalue weighted by atomic mass is 16.5. The van der Waals surface area contributed by atoms with E-state index < -0.39 is 0 Å². The maximum absolute atomic E-state index is 9.99. The van der Waals surface area contributed by atoms with Crippen molar-refractivity contribution in [2.24, 2.45) is 0 Å². The van der Waals surface area contributed by atoms with Crippen LogP contribution in [0.1, 0.15) is 11.6 Å². The van der Waals surface area contributed by atoms with Crippen molar-refractivity contribution in [1.29, 1.82) is 0 Å². The van der Waals surface area contributed by atoms with Crippen molar-refractivity contribution in [2.45, 2.75) is 6.04 Å². The number of hydrogen-bond acceptors (Lipinski definition) is 4. The van der Waals surface area contributed by atoms with E-state index in [1.165, 1.54) is 5.39 Å². The number of methoxy groups -OCH3 is 1. The number of ether oxygens (including phenoxy) is 1. The van der Waals surface area contributed by atoms with Crippen molar-refractivity contribution in [3.63, 3.8) is 0 Å². The van der Waals surface area contributed by atoms with Gasteiger partial charge in [0.1, 0.15) is 5.75 Å². The molecule has 0 aromatic heterocycles. The van der Waals surface area contributed by atoms with Gasteiger partial charge >= 0.3 is 0 Å². The van der Waals surface area contributed by atoms with Gasteiger partial charge in [0.2, 0.25) is 0 Å². The third-order valence-electron chi connectivity index (χ3n) is 4.25. The number of fused-ring (bicyclic) bond motifs is 1. The fraction of sp³-hybridized carbons (Fsp3) is 0.412. The molecule has 0 spiro atoms. The van der Waals surface area contributed by atoms with E-state index in [9.17, 15) is 5.11 Å². The maximum atomic E-state index is 9.99. The van der Waals surface area contributed by atoms with Gasteiger partial charge < -0.3 is 15.2 Å². The number of aliphatic hydroxyl groups is 1. The highest BCUT2D eigenvalue weighted by Gasteiger charge is 2.25. The molecule has 0 saturated carbocycles. The zero-order chi connectivity index (χ0) is 14.7. The van der Waals surface area contributed by atoms with E-state index in [0.29, 0.717) is 0 Å². The number of nitrogens with zero attached hydrogens (tertiary/aromatic N) is 1. The summed E-state index contributed by atoms with van der Waals surface area (Å²) in [5.74, 6) is 0.853. The molecule has 0 aliphatic carbocycles. The van der Waals surface area contributed by atoms with Gasteiger partial charge in [-0.25, -0.2) is 0 Å². The Morgan fingerprint density at radius 3 is 2.67 bits per heavy atom. The molecule has 1 unspecified atom stereocenters. The number of benzene rings is 2. The van der Waals surface area contributed by atoms with Crippen LogP contribution < -0.4 is 10.1 Å². The van der Waals surface area contributed by atoms with E-state index >= 15 is 0 Å². The monoisotopic (exact) mass is 286 g/mol. The smallest absolute Gasteiger partial charge is 0.124 e. The van der Waals surface area contributed by atoms with Crippen LogP contribution in [-0.4, -0.2) is 49.9 Å². The second-order valence-electron chi connectivity index (χ2n) is 5.39. The Hall–Kier alpha value is -1.62. The lowest BCUT2D eigenvalue weighted by atomic mass is 9.96. The first-order chi connectivity index (χ1) is 10.3. The first kappa shape index (κ1) is 14.3. The molecule has 21 heavy (non-hydrogen) atoms. The predicted octanol–water partition coefficient (Wildman–Crippen LogP) is 1.79. The van der Waals surface area contributed by atoms with Crippen LogP contribution in [0.5, 0.6) is 5.75 Å². The average molecular weight is 286 g/mol. The molecule has 4 nitrogen and oxygen atoms in total. The van der Waals surface area contributed by atoms with Crippen LogP contribution >= 0.6 is 0 Å². The molecular formula is C17H22N2O2. The van der Waals surface area contributed by atoms with Crippen LogP contribution in [0.4, 0.5) is 0 Å². The molecule has 112 valence electrons. The molecule has 0 amide bonds. The molecular weight excluding hydrogens is 264 g/mol. The van der Waals surface area contributed by atoms with Crippen LogP contribution in [0.25, 0.3) is 10.8 Å². The normalized spacial score (nSPS) is 17.8. The minimum atomic E-state index is -0.0202. The quantitative estimate of drug-likeness (QED) is 0.899. The first-order valence-electron chi connectivity index (χ1n) is 7.46. The standard InChI is InChI=1S/C17H22N2O2/c1-21-16-7-6-13-4-2-3-5-14(13)17(16)15(12-20)19-10-8-18-9-11-19/h2-7,15,18,20H,8-12H2,1H3. The van der Waals surface area contributed by atoms with E-state index in [1.807, 2.05) is 18.2 Å². The number of piperazine rings is 1. The van der Waals surface area contributed by atoms with Gasteiger partial charge in [0.15, 0.2) is 0 Å². The molecule has 1 aliphatic heterocycles. The predicted molar refractivity (Wildman–Crippen MR) is 84.8 cm³/mol. The van der Waals surface area contributed by atoms with Crippen molar-refractivity contribution in [2.75, 3.05) is 39.9 Å². The topological polar surface area (TPSA) is 44.7 Å². The van der Waals surface area contributed by atoms with Gasteiger partial charge in [-0.3, -0.25) is 4.90 Å². The van der Waals surface area contributed by atoms with Crippen molar-refractivity contribution < 1.29 is 9.84 Å². The summed E-state index contributed by atoms with van der Waals surface area (Å²) in [5.41, 5.74) is 1.10. The van der Waals surface area contributed by atoms with Crippen LogP contribution in [0, 0.1) is 0 Å². The molecule has 1 fully saturated rings. The van der Waals surface area contributed by atoms with Crippen molar-refractivity contribution in [1.82, 2.24) is 10.2 Å². The Morgan fingerprint density at radius 1 is 1.19 bits per heavy atom. The van der Waals surface area contributed by atoms with Crippen molar-refractivity contribution in [3.05, 3.63) is 42.0 Å². The maximum Gasteiger partial charge on any atom is 0.124 e. The number of nitrogens with one attached hydrogen (secondary N) is 1. The molecule has 1 atom stereocenters. The van der Waals surface area contributed by atoms with E-state index in [-0.39, 0.29) is 12.6 Å². The zero-order valence-corrected chi connectivity index (χ0v) is 12.4. The number of hydrogen-bond donors (Lipinski definition) is 2. The summed E-state index contributed by atoms with van der Waals surface area (Å²) in [5, 5.41) is 15.7. The lowest BCUT2D eigenvalue weighted by Gasteiger charge is -2.35. The van der Waals surface area contributed by atoms with E-state index in [1.54, 1.807) is 7.11 Å². The van der Waals surface area contributed by atoms with E-state index in [0.717, 1.165) is 42.9 Å². The Morgan fingerprint density at radius 2 is 1.95 bits per heavy atom. The fourth-order valence-corrected chi connectivity index (χ4v) is 3.18. The van der Waals surface area contributed by atoms with Crippen LogP contribution in [0.2, 0.25) is 0 Å². The van der Waals surface area contributed by atoms with Crippen molar-refractivity contribution >= 4 is 10.8 Å². The third-order valence-corrected chi connectivity index (χ3v) is 4.25. The summed E-state index contributed by atoms with van der Waals surface area (Å²) in [6, 6.07) is 12.3. The Balaban J connectivity index is 2.10. The van der Waals surface area contributed by atoms with Crippen molar-refractivity contribution in [3.8, 4) is 5.75 Å². The summed E-state index contributed by atoms with van der Waals surface area (Å²) < 4.78 is 5.57. The van der Waals surface area contributed by atoms with Gasteiger partial charge in [-0.1, -0.05) is 30.3 Å². The molecule has 1 saturated heterocycles. The first-order valence-corrected chi connectivity index (χ1v) is 7.46. The van der Waals surface area contributed by atoms with E-state index in [4.69, 9.17) is 4.74 Å². The lowest BCUT2D eigenvalue weighted by Crippen LogP contribution is -2.46. The highest BCUT2D eigenvalue weighted by Crippen LogP contribution is 2.35. The van der Waals surface area contributed by atoms with Gasteiger partial charge in [0, 0.05) is 31.7 Å². The SMILES string of the molecule is COc1ccc2ccccc2c1C(CO)N1CCNCC1. The number of rotatable bonds is 4.